The molecule has 4 heterocycles. The number of ether oxygens (including phenoxy) is 1. The Morgan fingerprint density at radius 2 is 2.15 bits per heavy atom. The molecule has 0 bridgehead atoms. The van der Waals surface area contributed by atoms with Gasteiger partial charge < -0.3 is 15.0 Å². The van der Waals surface area contributed by atoms with Crippen molar-refractivity contribution in [2.24, 2.45) is 5.92 Å². The van der Waals surface area contributed by atoms with Crippen LogP contribution in [0.1, 0.15) is 50.7 Å². The number of amides is 1. The summed E-state index contributed by atoms with van der Waals surface area (Å²) in [4.78, 5) is 14.4. The zero-order chi connectivity index (χ0) is 23.2. The van der Waals surface area contributed by atoms with Crippen molar-refractivity contribution >= 4 is 22.9 Å². The number of likely N-dealkylation sites (tertiary alicyclic amines) is 1. The van der Waals surface area contributed by atoms with Gasteiger partial charge in [0.15, 0.2) is 0 Å². The smallest absolute Gasteiger partial charge is 0.410 e. The lowest BCUT2D eigenvalue weighted by Crippen LogP contribution is -2.44. The molecule has 3 aromatic rings. The van der Waals surface area contributed by atoms with Gasteiger partial charge in [-0.25, -0.2) is 9.42 Å². The summed E-state index contributed by atoms with van der Waals surface area (Å²) in [5.74, 6) is 0.304. The van der Waals surface area contributed by atoms with Crippen molar-refractivity contribution in [2.75, 3.05) is 18.4 Å². The van der Waals surface area contributed by atoms with Crippen molar-refractivity contribution in [3.8, 4) is 6.07 Å². The Morgan fingerprint density at radius 1 is 1.30 bits per heavy atom. The van der Waals surface area contributed by atoms with E-state index in [0.717, 1.165) is 35.5 Å². The van der Waals surface area contributed by atoms with Gasteiger partial charge in [-0.1, -0.05) is 12.1 Å². The third-order valence-electron chi connectivity index (χ3n) is 6.05. The number of benzene rings is 1. The Kier molecular flexibility index (Phi) is 5.04. The average molecular weight is 447 g/mol. The van der Waals surface area contributed by atoms with Crippen molar-refractivity contribution in [1.29, 1.82) is 5.26 Å². The maximum Gasteiger partial charge on any atom is 0.410 e. The van der Waals surface area contributed by atoms with Gasteiger partial charge in [0.1, 0.15) is 22.5 Å². The Morgan fingerprint density at radius 3 is 2.94 bits per heavy atom. The fourth-order valence-corrected chi connectivity index (χ4v) is 4.66. The van der Waals surface area contributed by atoms with E-state index in [0.29, 0.717) is 29.7 Å². The number of aromatic amines is 1. The number of H-pyrrole nitrogens is 1. The summed E-state index contributed by atoms with van der Waals surface area (Å²) in [7, 11) is 0. The van der Waals surface area contributed by atoms with Gasteiger partial charge in [-0.3, -0.25) is 5.10 Å². The number of hydrogen-bond donors (Lipinski definition) is 2. The quantitative estimate of drug-likeness (QED) is 0.604. The Bertz CT molecular complexity index is 1280. The molecule has 0 spiro atoms. The minimum absolute atomic E-state index is 0.0468. The lowest BCUT2D eigenvalue weighted by Gasteiger charge is -2.37. The molecular weight excluding hydrogens is 422 g/mol. The number of aromatic nitrogens is 4. The zero-order valence-electron chi connectivity index (χ0n) is 18.8. The van der Waals surface area contributed by atoms with E-state index in [1.807, 2.05) is 39.0 Å². The molecule has 2 aliphatic rings. The fraction of sp³-hybridized carbons (Fsp3) is 0.435. The maximum atomic E-state index is 12.7. The number of carbonyl (C=O) groups is 1. The number of rotatable bonds is 2. The van der Waals surface area contributed by atoms with Gasteiger partial charge in [-0.15, -0.1) is 0 Å². The van der Waals surface area contributed by atoms with E-state index in [4.69, 9.17) is 9.37 Å². The number of nitrogens with one attached hydrogen (secondary N) is 2. The first kappa shape index (κ1) is 21.0. The number of nitrogens with zero attached hydrogens (tertiary/aromatic N) is 5. The lowest BCUT2D eigenvalue weighted by molar-refractivity contribution is 0.0182. The number of allylic oxidation sites excluding steroid dienone is 1. The molecule has 2 atom stereocenters. The summed E-state index contributed by atoms with van der Waals surface area (Å²) in [6.45, 7) is 6.66. The summed E-state index contributed by atoms with van der Waals surface area (Å²) in [6.07, 6.45) is 3.05. The van der Waals surface area contributed by atoms with Gasteiger partial charge in [0.05, 0.1) is 23.8 Å². The second-order valence-electron chi connectivity index (χ2n) is 9.44. The lowest BCUT2D eigenvalue weighted by atomic mass is 9.79. The van der Waals surface area contributed by atoms with Crippen LogP contribution in [0.5, 0.6) is 0 Å². The zero-order valence-corrected chi connectivity index (χ0v) is 18.8. The molecule has 1 aromatic carbocycles. The van der Waals surface area contributed by atoms with Gasteiger partial charge in [-0.2, -0.15) is 10.4 Å². The highest BCUT2D eigenvalue weighted by Crippen LogP contribution is 2.44. The molecule has 2 unspecified atom stereocenters. The molecule has 0 radical (unpaired) electrons. The van der Waals surface area contributed by atoms with Crippen LogP contribution in [0.2, 0.25) is 0 Å². The summed E-state index contributed by atoms with van der Waals surface area (Å²) < 4.78 is 10.5. The van der Waals surface area contributed by atoms with Crippen molar-refractivity contribution in [3.63, 3.8) is 0 Å². The maximum absolute atomic E-state index is 12.7. The Labute approximate surface area is 190 Å². The molecule has 2 aromatic heterocycles. The van der Waals surface area contributed by atoms with Crippen molar-refractivity contribution < 1.29 is 14.2 Å². The van der Waals surface area contributed by atoms with E-state index in [1.165, 1.54) is 0 Å². The monoisotopic (exact) mass is 447 g/mol. The first-order valence-corrected chi connectivity index (χ1v) is 11.0. The van der Waals surface area contributed by atoms with E-state index < -0.39 is 5.60 Å². The van der Waals surface area contributed by atoms with Crippen LogP contribution in [0, 0.1) is 17.2 Å². The van der Waals surface area contributed by atoms with Crippen LogP contribution in [0.15, 0.2) is 40.3 Å². The molecule has 170 valence electrons. The summed E-state index contributed by atoms with van der Waals surface area (Å²) in [6, 6.07) is 8.07. The van der Waals surface area contributed by atoms with E-state index >= 15 is 0 Å². The molecule has 10 nitrogen and oxygen atoms in total. The third-order valence-corrected chi connectivity index (χ3v) is 6.05. The van der Waals surface area contributed by atoms with Gasteiger partial charge >= 0.3 is 6.09 Å². The highest BCUT2D eigenvalue weighted by Gasteiger charge is 2.38. The standard InChI is InChI=1S/C23H25N7O3/c1-23(2,3)32-22(31)30-9-5-6-13(12-30)19-15(10-24)18(16-11-25-27-21(16)26-19)14-7-4-8-17-20(14)29-33-28-17/h4,7-8,11,13,18H,5-6,9,12H2,1-3H3,(H2,25,26,27). The number of nitriles is 1. The second-order valence-corrected chi connectivity index (χ2v) is 9.44. The van der Waals surface area contributed by atoms with Gasteiger partial charge in [0, 0.05) is 30.3 Å². The number of fused-ring (bicyclic) bond motifs is 2. The molecule has 1 saturated heterocycles. The number of carbonyl (C=O) groups excluding carboxylic acids is 1. The predicted molar refractivity (Wildman–Crippen MR) is 119 cm³/mol. The van der Waals surface area contributed by atoms with E-state index in [2.05, 4.69) is 31.9 Å². The van der Waals surface area contributed by atoms with E-state index in [-0.39, 0.29) is 17.9 Å². The van der Waals surface area contributed by atoms with Crippen LogP contribution in [0.25, 0.3) is 11.0 Å². The molecule has 5 rings (SSSR count). The van der Waals surface area contributed by atoms with Crippen LogP contribution in [-0.2, 0) is 4.74 Å². The fourth-order valence-electron chi connectivity index (χ4n) is 4.66. The van der Waals surface area contributed by atoms with Crippen molar-refractivity contribution in [2.45, 2.75) is 45.1 Å². The molecule has 1 amide bonds. The Balaban J connectivity index is 1.55. The molecule has 2 N–H and O–H groups in total. The first-order valence-electron chi connectivity index (χ1n) is 11.0. The molecule has 2 aliphatic heterocycles. The number of piperidine rings is 1. The minimum Gasteiger partial charge on any atom is -0.444 e. The largest absolute Gasteiger partial charge is 0.444 e. The van der Waals surface area contributed by atoms with Crippen LogP contribution >= 0.6 is 0 Å². The number of anilines is 1. The summed E-state index contributed by atoms with van der Waals surface area (Å²) in [5.41, 5.74) is 3.73. The normalized spacial score (nSPS) is 20.8. The Hall–Kier alpha value is -3.87. The highest BCUT2D eigenvalue weighted by atomic mass is 16.6. The highest BCUT2D eigenvalue weighted by molar-refractivity contribution is 5.81. The van der Waals surface area contributed by atoms with Crippen LogP contribution in [-0.4, -0.2) is 50.2 Å². The topological polar surface area (TPSA) is 133 Å². The molecule has 0 aliphatic carbocycles. The molecule has 1 fully saturated rings. The molecule has 0 saturated carbocycles. The SMILES string of the molecule is CC(C)(C)OC(=O)N1CCCC(C2=C(C#N)C(c3cccc4nonc34)c3cn[nH]c3N2)C1. The van der Waals surface area contributed by atoms with E-state index in [1.54, 1.807) is 11.1 Å². The molecule has 33 heavy (non-hydrogen) atoms. The second kappa shape index (κ2) is 7.92. The van der Waals surface area contributed by atoms with Gasteiger partial charge in [0.2, 0.25) is 0 Å². The van der Waals surface area contributed by atoms with Crippen LogP contribution < -0.4 is 5.32 Å². The summed E-state index contributed by atoms with van der Waals surface area (Å²) in [5, 5.41) is 29.0. The predicted octanol–water partition coefficient (Wildman–Crippen LogP) is 3.93. The van der Waals surface area contributed by atoms with E-state index in [9.17, 15) is 10.1 Å². The van der Waals surface area contributed by atoms with Crippen molar-refractivity contribution in [3.05, 3.63) is 46.8 Å². The van der Waals surface area contributed by atoms with Crippen molar-refractivity contribution in [1.82, 2.24) is 25.4 Å². The average Bonchev–Trinajstić information content (AvgIpc) is 3.45. The first-order chi connectivity index (χ1) is 15.9. The van der Waals surface area contributed by atoms with Gasteiger partial charge in [-0.05, 0) is 55.6 Å². The molecule has 10 heteroatoms. The summed E-state index contributed by atoms with van der Waals surface area (Å²) >= 11 is 0. The third kappa shape index (κ3) is 3.80. The minimum atomic E-state index is -0.565. The van der Waals surface area contributed by atoms with Crippen LogP contribution in [0.3, 0.4) is 0 Å². The molecular formula is C23H25N7O3. The van der Waals surface area contributed by atoms with Gasteiger partial charge in [0.25, 0.3) is 0 Å². The van der Waals surface area contributed by atoms with Crippen LogP contribution in [0.4, 0.5) is 10.6 Å². The number of hydrogen-bond acceptors (Lipinski definition) is 8.